The molecule has 1 heterocycles. The van der Waals surface area contributed by atoms with Crippen LogP contribution >= 0.6 is 0 Å². The van der Waals surface area contributed by atoms with E-state index in [4.69, 9.17) is 4.74 Å². The van der Waals surface area contributed by atoms with Gasteiger partial charge in [0.15, 0.2) is 0 Å². The average molecular weight is 499 g/mol. The lowest BCUT2D eigenvalue weighted by atomic mass is 10.2. The van der Waals surface area contributed by atoms with Crippen LogP contribution in [0.5, 0.6) is 5.75 Å². The minimum Gasteiger partial charge on any atom is -0.497 e. The monoisotopic (exact) mass is 498 g/mol. The summed E-state index contributed by atoms with van der Waals surface area (Å²) in [4.78, 5) is 21.2. The summed E-state index contributed by atoms with van der Waals surface area (Å²) < 4.78 is 32.9. The molecule has 8 nitrogen and oxygen atoms in total. The van der Waals surface area contributed by atoms with Gasteiger partial charge in [-0.3, -0.25) is 19.4 Å². The Labute approximate surface area is 208 Å². The van der Waals surface area contributed by atoms with Gasteiger partial charge in [-0.1, -0.05) is 25.6 Å². The number of aliphatic imine (C=N–C) groups is 1. The van der Waals surface area contributed by atoms with Crippen LogP contribution in [0.15, 0.2) is 65.0 Å². The fraction of sp³-hybridized carbons (Fsp3) is 0.385. The van der Waals surface area contributed by atoms with Gasteiger partial charge in [0.2, 0.25) is 0 Å². The number of carbonyl (C=O) groups excluding carboxylic acids is 1. The molecule has 2 aromatic carbocycles. The van der Waals surface area contributed by atoms with E-state index in [1.54, 1.807) is 38.4 Å². The third-order valence-electron chi connectivity index (χ3n) is 6.08. The Balaban J connectivity index is 1.58. The van der Waals surface area contributed by atoms with E-state index in [1.165, 1.54) is 5.56 Å². The number of anilines is 1. The van der Waals surface area contributed by atoms with Crippen molar-refractivity contribution in [2.24, 2.45) is 4.99 Å². The van der Waals surface area contributed by atoms with E-state index >= 15 is 0 Å². The van der Waals surface area contributed by atoms with Gasteiger partial charge in [0.1, 0.15) is 10.7 Å². The second-order valence-electron chi connectivity index (χ2n) is 8.40. The Morgan fingerprint density at radius 3 is 2.34 bits per heavy atom. The highest BCUT2D eigenvalue weighted by molar-refractivity contribution is 7.97. The van der Waals surface area contributed by atoms with E-state index in [9.17, 15) is 13.2 Å². The fourth-order valence-electron chi connectivity index (χ4n) is 4.04. The van der Waals surface area contributed by atoms with Crippen LogP contribution < -0.4 is 9.46 Å². The second kappa shape index (κ2) is 12.0. The third kappa shape index (κ3) is 6.93. The predicted molar refractivity (Wildman–Crippen MR) is 141 cm³/mol. The molecule has 1 amide bonds. The lowest BCUT2D eigenvalue weighted by molar-refractivity contribution is 0.0761. The highest BCUT2D eigenvalue weighted by Gasteiger charge is 2.22. The van der Waals surface area contributed by atoms with Crippen molar-refractivity contribution >= 4 is 27.3 Å². The normalized spacial score (nSPS) is 15.4. The summed E-state index contributed by atoms with van der Waals surface area (Å²) in [5, 5.41) is 0. The molecule has 188 valence electrons. The van der Waals surface area contributed by atoms with Crippen LogP contribution in [0.4, 0.5) is 5.69 Å². The molecular weight excluding hydrogens is 464 g/mol. The SMILES string of the molecule is C=C(/C(CC)=N/C)S(=O)(=O)Nc1ccc(C(=O)N2CCCN(Cc3ccc(OC)cc3)CC2)cc1. The Hall–Kier alpha value is -3.17. The van der Waals surface area contributed by atoms with Crippen LogP contribution in [0.3, 0.4) is 0 Å². The van der Waals surface area contributed by atoms with Gasteiger partial charge >= 0.3 is 0 Å². The van der Waals surface area contributed by atoms with Gasteiger partial charge in [-0.15, -0.1) is 0 Å². The van der Waals surface area contributed by atoms with Crippen molar-refractivity contribution in [1.82, 2.24) is 9.80 Å². The Kier molecular flexibility index (Phi) is 9.06. The third-order valence-corrected chi connectivity index (χ3v) is 7.46. The zero-order chi connectivity index (χ0) is 25.4. The fourth-order valence-corrected chi connectivity index (χ4v) is 5.15. The number of amides is 1. The summed E-state index contributed by atoms with van der Waals surface area (Å²) in [5.74, 6) is 0.784. The van der Waals surface area contributed by atoms with Crippen molar-refractivity contribution in [2.45, 2.75) is 26.3 Å². The predicted octanol–water partition coefficient (Wildman–Crippen LogP) is 3.78. The van der Waals surface area contributed by atoms with Gasteiger partial charge < -0.3 is 9.64 Å². The zero-order valence-corrected chi connectivity index (χ0v) is 21.5. The van der Waals surface area contributed by atoms with Crippen LogP contribution in [0.2, 0.25) is 0 Å². The van der Waals surface area contributed by atoms with E-state index < -0.39 is 10.0 Å². The highest BCUT2D eigenvalue weighted by Crippen LogP contribution is 2.19. The molecule has 0 atom stereocenters. The number of allylic oxidation sites excluding steroid dienone is 1. The molecule has 0 unspecified atom stereocenters. The van der Waals surface area contributed by atoms with E-state index in [-0.39, 0.29) is 10.8 Å². The maximum absolute atomic E-state index is 13.1. The van der Waals surface area contributed by atoms with Crippen molar-refractivity contribution in [2.75, 3.05) is 45.1 Å². The van der Waals surface area contributed by atoms with Gasteiger partial charge in [0, 0.05) is 51.0 Å². The highest BCUT2D eigenvalue weighted by atomic mass is 32.2. The maximum Gasteiger partial charge on any atom is 0.263 e. The Morgan fingerprint density at radius 1 is 1.06 bits per heavy atom. The number of nitrogens with one attached hydrogen (secondary N) is 1. The Bertz CT molecular complexity index is 1160. The van der Waals surface area contributed by atoms with Gasteiger partial charge in [-0.2, -0.15) is 0 Å². The first-order chi connectivity index (χ1) is 16.8. The average Bonchev–Trinajstić information content (AvgIpc) is 3.10. The molecule has 0 spiro atoms. The quantitative estimate of drug-likeness (QED) is 0.532. The first-order valence-corrected chi connectivity index (χ1v) is 13.2. The number of ether oxygens (including phenoxy) is 1. The number of carbonyl (C=O) groups is 1. The molecule has 0 aromatic heterocycles. The lowest BCUT2D eigenvalue weighted by Gasteiger charge is -2.22. The van der Waals surface area contributed by atoms with Crippen molar-refractivity contribution in [3.63, 3.8) is 0 Å². The number of sulfonamides is 1. The van der Waals surface area contributed by atoms with E-state index in [0.29, 0.717) is 36.5 Å². The summed E-state index contributed by atoms with van der Waals surface area (Å²) in [6, 6.07) is 14.5. The standard InChI is InChI=1S/C26H34N4O4S/c1-5-25(27-3)20(2)35(32,33)28-23-11-9-22(10-12-23)26(31)30-16-6-15-29(17-18-30)19-21-7-13-24(34-4)14-8-21/h7-14,28H,2,5-6,15-19H2,1,3-4H3/b27-25+. The largest absolute Gasteiger partial charge is 0.497 e. The van der Waals surface area contributed by atoms with Crippen molar-refractivity contribution in [3.8, 4) is 5.75 Å². The minimum atomic E-state index is -3.81. The first-order valence-electron chi connectivity index (χ1n) is 11.7. The molecular formula is C26H34N4O4S. The lowest BCUT2D eigenvalue weighted by Crippen LogP contribution is -2.35. The van der Waals surface area contributed by atoms with E-state index in [1.807, 2.05) is 24.0 Å². The molecule has 1 aliphatic rings. The number of hydrogen-bond acceptors (Lipinski definition) is 6. The number of rotatable bonds is 9. The summed E-state index contributed by atoms with van der Waals surface area (Å²) >= 11 is 0. The molecule has 3 rings (SSSR count). The van der Waals surface area contributed by atoms with Gasteiger partial charge in [-0.25, -0.2) is 8.42 Å². The van der Waals surface area contributed by atoms with Crippen LogP contribution in [-0.4, -0.2) is 70.2 Å². The Morgan fingerprint density at radius 2 is 1.74 bits per heavy atom. The molecule has 9 heteroatoms. The molecule has 0 saturated carbocycles. The molecule has 35 heavy (non-hydrogen) atoms. The summed E-state index contributed by atoms with van der Waals surface area (Å²) in [6.07, 6.45) is 1.36. The van der Waals surface area contributed by atoms with Gasteiger partial charge in [-0.05, 0) is 54.8 Å². The van der Waals surface area contributed by atoms with Crippen LogP contribution in [0, 0.1) is 0 Å². The molecule has 0 bridgehead atoms. The van der Waals surface area contributed by atoms with Crippen molar-refractivity contribution in [3.05, 3.63) is 71.1 Å². The van der Waals surface area contributed by atoms with E-state index in [2.05, 4.69) is 33.3 Å². The zero-order valence-electron chi connectivity index (χ0n) is 20.7. The van der Waals surface area contributed by atoms with Crippen molar-refractivity contribution < 1.29 is 17.9 Å². The number of hydrogen-bond donors (Lipinski definition) is 1. The van der Waals surface area contributed by atoms with Crippen LogP contribution in [0.25, 0.3) is 0 Å². The number of benzene rings is 2. The van der Waals surface area contributed by atoms with Gasteiger partial charge in [0.05, 0.1) is 12.8 Å². The molecule has 1 saturated heterocycles. The number of nitrogens with zero attached hydrogens (tertiary/aromatic N) is 3. The van der Waals surface area contributed by atoms with Crippen molar-refractivity contribution in [1.29, 1.82) is 0 Å². The molecule has 2 aromatic rings. The molecule has 1 N–H and O–H groups in total. The smallest absolute Gasteiger partial charge is 0.263 e. The molecule has 0 radical (unpaired) electrons. The maximum atomic E-state index is 13.1. The van der Waals surface area contributed by atoms with E-state index in [0.717, 1.165) is 31.8 Å². The summed E-state index contributed by atoms with van der Waals surface area (Å²) in [5.41, 5.74) is 2.53. The molecule has 1 aliphatic heterocycles. The first kappa shape index (κ1) is 26.4. The molecule has 1 fully saturated rings. The van der Waals surface area contributed by atoms with Crippen LogP contribution in [-0.2, 0) is 16.6 Å². The van der Waals surface area contributed by atoms with Gasteiger partial charge in [0.25, 0.3) is 15.9 Å². The second-order valence-corrected chi connectivity index (χ2v) is 10.1. The topological polar surface area (TPSA) is 91.3 Å². The number of methoxy groups -OCH3 is 1. The molecule has 0 aliphatic carbocycles. The minimum absolute atomic E-state index is 0.0496. The van der Waals surface area contributed by atoms with Crippen LogP contribution in [0.1, 0.15) is 35.7 Å². The summed E-state index contributed by atoms with van der Waals surface area (Å²) in [7, 11) is -0.615. The summed E-state index contributed by atoms with van der Waals surface area (Å²) in [6.45, 7) is 9.35.